The summed E-state index contributed by atoms with van der Waals surface area (Å²) in [6, 6.07) is 14.0. The highest BCUT2D eigenvalue weighted by atomic mass is 79.9. The van der Waals surface area contributed by atoms with E-state index in [0.29, 0.717) is 12.1 Å². The lowest BCUT2D eigenvalue weighted by atomic mass is 10.1. The molecule has 0 aliphatic rings. The van der Waals surface area contributed by atoms with Gasteiger partial charge in [0.1, 0.15) is 10.9 Å². The van der Waals surface area contributed by atoms with Crippen LogP contribution < -0.4 is 0 Å². The number of aromatic nitrogens is 7. The van der Waals surface area contributed by atoms with Crippen molar-refractivity contribution in [2.45, 2.75) is 6.42 Å². The average molecular weight is 406 g/mol. The first-order chi connectivity index (χ1) is 12.8. The lowest BCUT2D eigenvalue weighted by Crippen LogP contribution is -2.04. The van der Waals surface area contributed by atoms with Gasteiger partial charge in [-0.3, -0.25) is 9.55 Å². The van der Waals surface area contributed by atoms with Crippen molar-refractivity contribution in [3.05, 3.63) is 77.2 Å². The summed E-state index contributed by atoms with van der Waals surface area (Å²) in [5, 5.41) is 14.3. The Labute approximate surface area is 156 Å². The summed E-state index contributed by atoms with van der Waals surface area (Å²) in [6.07, 6.45) is 6.00. The number of benzene rings is 1. The van der Waals surface area contributed by atoms with Gasteiger partial charge < -0.3 is 0 Å². The molecule has 0 saturated carbocycles. The molecule has 7 nitrogen and oxygen atoms in total. The zero-order chi connectivity index (χ0) is 17.5. The summed E-state index contributed by atoms with van der Waals surface area (Å²) < 4.78 is 4.37. The van der Waals surface area contributed by atoms with Gasteiger partial charge in [-0.25, -0.2) is 4.98 Å². The molecule has 0 unspecified atom stereocenters. The van der Waals surface area contributed by atoms with E-state index >= 15 is 0 Å². The Morgan fingerprint density at radius 2 is 1.96 bits per heavy atom. The number of hydrogen-bond acceptors (Lipinski definition) is 5. The lowest BCUT2D eigenvalue weighted by molar-refractivity contribution is 0.807. The van der Waals surface area contributed by atoms with Crippen LogP contribution in [0.5, 0.6) is 0 Å². The van der Waals surface area contributed by atoms with Crippen LogP contribution in [-0.4, -0.2) is 34.3 Å². The lowest BCUT2D eigenvalue weighted by Gasteiger charge is -2.04. The summed E-state index contributed by atoms with van der Waals surface area (Å²) >= 11 is 3.35. The van der Waals surface area contributed by atoms with E-state index in [1.165, 1.54) is 0 Å². The van der Waals surface area contributed by atoms with Gasteiger partial charge in [-0.1, -0.05) is 12.1 Å². The van der Waals surface area contributed by atoms with Gasteiger partial charge in [0.25, 0.3) is 0 Å². The molecule has 0 spiro atoms. The second-order valence-corrected chi connectivity index (χ2v) is 6.70. The van der Waals surface area contributed by atoms with E-state index in [9.17, 15) is 0 Å². The fraction of sp³-hybridized carbons (Fsp3) is 0.0556. The van der Waals surface area contributed by atoms with Crippen molar-refractivity contribution in [2.24, 2.45) is 0 Å². The summed E-state index contributed by atoms with van der Waals surface area (Å²) in [5.41, 5.74) is 2.83. The second kappa shape index (κ2) is 5.99. The zero-order valence-electron chi connectivity index (χ0n) is 13.5. The molecule has 126 valence electrons. The standard InChI is InChI=1S/C18H12BrN7/c19-15-10-25(11-21-15)17-6-5-16-22-23-18(26(16)24-17)9-12-3-4-14-13(8-12)2-1-7-20-14/h1-8,10-11H,9H2. The van der Waals surface area contributed by atoms with Crippen LogP contribution >= 0.6 is 15.9 Å². The number of pyridine rings is 1. The fourth-order valence-electron chi connectivity index (χ4n) is 2.91. The molecule has 4 aromatic heterocycles. The number of nitrogens with zero attached hydrogens (tertiary/aromatic N) is 7. The average Bonchev–Trinajstić information content (AvgIpc) is 3.28. The van der Waals surface area contributed by atoms with E-state index in [1.54, 1.807) is 17.0 Å². The Hall–Kier alpha value is -3.13. The van der Waals surface area contributed by atoms with E-state index in [4.69, 9.17) is 0 Å². The quantitative estimate of drug-likeness (QED) is 0.460. The second-order valence-electron chi connectivity index (χ2n) is 5.89. The minimum Gasteiger partial charge on any atom is -0.288 e. The number of rotatable bonds is 3. The maximum atomic E-state index is 4.66. The Bertz CT molecular complexity index is 1240. The SMILES string of the molecule is Brc1cn(-c2ccc3nnc(Cc4ccc5ncccc5c4)n3n2)cn1. The van der Waals surface area contributed by atoms with Crippen molar-refractivity contribution in [1.82, 2.24) is 34.3 Å². The third-order valence-electron chi connectivity index (χ3n) is 4.16. The van der Waals surface area contributed by atoms with Gasteiger partial charge in [-0.2, -0.15) is 4.52 Å². The Kier molecular flexibility index (Phi) is 3.49. The summed E-state index contributed by atoms with van der Waals surface area (Å²) in [4.78, 5) is 8.53. The minimum absolute atomic E-state index is 0.635. The van der Waals surface area contributed by atoms with Crippen molar-refractivity contribution in [3.63, 3.8) is 0 Å². The molecular weight excluding hydrogens is 394 g/mol. The molecule has 1 aromatic carbocycles. The third kappa shape index (κ3) is 2.64. The highest BCUT2D eigenvalue weighted by molar-refractivity contribution is 9.10. The third-order valence-corrected chi connectivity index (χ3v) is 4.57. The largest absolute Gasteiger partial charge is 0.288 e. The van der Waals surface area contributed by atoms with Crippen molar-refractivity contribution in [1.29, 1.82) is 0 Å². The maximum absolute atomic E-state index is 4.66. The van der Waals surface area contributed by atoms with Gasteiger partial charge in [0.15, 0.2) is 17.3 Å². The molecule has 0 atom stereocenters. The maximum Gasteiger partial charge on any atom is 0.178 e. The van der Waals surface area contributed by atoms with Crippen LogP contribution in [-0.2, 0) is 6.42 Å². The van der Waals surface area contributed by atoms with Crippen LogP contribution in [0.15, 0.2) is 65.8 Å². The summed E-state index contributed by atoms with van der Waals surface area (Å²) in [5.74, 6) is 1.53. The van der Waals surface area contributed by atoms with Crippen LogP contribution in [0, 0.1) is 0 Å². The summed E-state index contributed by atoms with van der Waals surface area (Å²) in [6.45, 7) is 0. The van der Waals surface area contributed by atoms with Gasteiger partial charge in [-0.05, 0) is 51.8 Å². The molecule has 5 rings (SSSR count). The van der Waals surface area contributed by atoms with Crippen LogP contribution in [0.1, 0.15) is 11.4 Å². The van der Waals surface area contributed by atoms with Gasteiger partial charge in [0.05, 0.1) is 5.52 Å². The van der Waals surface area contributed by atoms with Crippen molar-refractivity contribution < 1.29 is 0 Å². The predicted octanol–water partition coefficient (Wildman–Crippen LogP) is 3.21. The predicted molar refractivity (Wildman–Crippen MR) is 100 cm³/mol. The number of hydrogen-bond donors (Lipinski definition) is 0. The van der Waals surface area contributed by atoms with Gasteiger partial charge >= 0.3 is 0 Å². The highest BCUT2D eigenvalue weighted by Gasteiger charge is 2.10. The summed E-state index contributed by atoms with van der Waals surface area (Å²) in [7, 11) is 0. The molecule has 0 N–H and O–H groups in total. The monoisotopic (exact) mass is 405 g/mol. The first-order valence-electron chi connectivity index (χ1n) is 8.01. The van der Waals surface area contributed by atoms with Gasteiger partial charge in [-0.15, -0.1) is 15.3 Å². The molecule has 4 heterocycles. The zero-order valence-corrected chi connectivity index (χ0v) is 15.1. The van der Waals surface area contributed by atoms with E-state index in [2.05, 4.69) is 59.4 Å². The van der Waals surface area contributed by atoms with Crippen molar-refractivity contribution >= 4 is 32.5 Å². The molecule has 0 saturated heterocycles. The molecule has 0 aliphatic heterocycles. The van der Waals surface area contributed by atoms with E-state index in [-0.39, 0.29) is 0 Å². The molecular formula is C18H12BrN7. The van der Waals surface area contributed by atoms with Crippen LogP contribution in [0.2, 0.25) is 0 Å². The molecule has 0 amide bonds. The van der Waals surface area contributed by atoms with Crippen LogP contribution in [0.4, 0.5) is 0 Å². The first kappa shape index (κ1) is 15.2. The molecule has 8 heteroatoms. The normalized spacial score (nSPS) is 11.4. The number of halogens is 1. The van der Waals surface area contributed by atoms with E-state index in [0.717, 1.165) is 32.7 Å². The van der Waals surface area contributed by atoms with E-state index in [1.807, 2.05) is 35.0 Å². The molecule has 26 heavy (non-hydrogen) atoms. The number of fused-ring (bicyclic) bond motifs is 2. The van der Waals surface area contributed by atoms with Crippen molar-refractivity contribution in [2.75, 3.05) is 0 Å². The fourth-order valence-corrected chi connectivity index (χ4v) is 3.23. The topological polar surface area (TPSA) is 73.8 Å². The highest BCUT2D eigenvalue weighted by Crippen LogP contribution is 2.17. The molecule has 0 radical (unpaired) electrons. The molecule has 5 aromatic rings. The first-order valence-corrected chi connectivity index (χ1v) is 8.80. The molecule has 0 bridgehead atoms. The van der Waals surface area contributed by atoms with Crippen LogP contribution in [0.3, 0.4) is 0 Å². The smallest absolute Gasteiger partial charge is 0.178 e. The van der Waals surface area contributed by atoms with Crippen molar-refractivity contribution in [3.8, 4) is 5.82 Å². The Morgan fingerprint density at radius 1 is 1.00 bits per heavy atom. The molecule has 0 aliphatic carbocycles. The number of imidazole rings is 1. The molecule has 0 fully saturated rings. The van der Waals surface area contributed by atoms with Crippen LogP contribution in [0.25, 0.3) is 22.4 Å². The van der Waals surface area contributed by atoms with Gasteiger partial charge in [0.2, 0.25) is 0 Å². The Balaban J connectivity index is 1.55. The van der Waals surface area contributed by atoms with E-state index < -0.39 is 0 Å². The Morgan fingerprint density at radius 3 is 2.85 bits per heavy atom. The van der Waals surface area contributed by atoms with Gasteiger partial charge in [0, 0.05) is 24.2 Å². The minimum atomic E-state index is 0.635.